The van der Waals surface area contributed by atoms with Gasteiger partial charge in [0.05, 0.1) is 12.2 Å². The molecule has 0 aromatic heterocycles. The van der Waals surface area contributed by atoms with Crippen molar-refractivity contribution in [2.75, 3.05) is 6.61 Å². The van der Waals surface area contributed by atoms with Crippen molar-refractivity contribution in [2.24, 2.45) is 0 Å². The summed E-state index contributed by atoms with van der Waals surface area (Å²) < 4.78 is 56.3. The van der Waals surface area contributed by atoms with E-state index >= 15 is 0 Å². The van der Waals surface area contributed by atoms with E-state index in [0.29, 0.717) is 0 Å². The van der Waals surface area contributed by atoms with Gasteiger partial charge in [-0.05, 0) is 19.1 Å². The highest BCUT2D eigenvalue weighted by molar-refractivity contribution is 6.35. The van der Waals surface area contributed by atoms with Crippen molar-refractivity contribution in [3.63, 3.8) is 0 Å². The monoisotopic (exact) mass is 327 g/mol. The lowest BCUT2D eigenvalue weighted by molar-refractivity contribution is -0.192. The van der Waals surface area contributed by atoms with Crippen LogP contribution in [0.1, 0.15) is 17.3 Å². The number of nitrogens with one attached hydrogen (secondary N) is 1. The molecular formula is C12H10ClF4NO3. The third-order valence-corrected chi connectivity index (χ3v) is 2.81. The molecule has 1 amide bonds. The van der Waals surface area contributed by atoms with E-state index in [1.165, 1.54) is 24.4 Å². The molecule has 0 radical (unpaired) electrons. The average Bonchev–Trinajstić information content (AvgIpc) is 2.37. The second-order valence-electron chi connectivity index (χ2n) is 3.81. The van der Waals surface area contributed by atoms with Crippen molar-refractivity contribution in [1.82, 2.24) is 5.32 Å². The normalized spacial score (nSPS) is 14.2. The Kier molecular flexibility index (Phi) is 5.16. The molecular weight excluding hydrogens is 318 g/mol. The van der Waals surface area contributed by atoms with Crippen molar-refractivity contribution < 1.29 is 31.9 Å². The largest absolute Gasteiger partial charge is 0.463 e. The quantitative estimate of drug-likeness (QED) is 0.400. The summed E-state index contributed by atoms with van der Waals surface area (Å²) in [6.45, 7) is 0.892. The molecule has 0 aliphatic rings. The summed E-state index contributed by atoms with van der Waals surface area (Å²) in [7, 11) is 0. The van der Waals surface area contributed by atoms with Crippen molar-refractivity contribution in [3.05, 3.63) is 35.6 Å². The maximum atomic E-state index is 13.4. The van der Waals surface area contributed by atoms with Gasteiger partial charge in [0.2, 0.25) is 0 Å². The van der Waals surface area contributed by atoms with Crippen LogP contribution in [0.15, 0.2) is 24.3 Å². The van der Waals surface area contributed by atoms with Crippen LogP contribution in [0, 0.1) is 5.82 Å². The molecule has 1 aromatic carbocycles. The maximum Gasteiger partial charge on any atom is 0.437 e. The first kappa shape index (κ1) is 17.2. The SMILES string of the molecule is CCOC(=O)C(Cl)(NC(=O)c1ccccc1F)C(F)(F)F. The van der Waals surface area contributed by atoms with E-state index in [1.54, 1.807) is 0 Å². The molecule has 1 rings (SSSR count). The molecule has 1 N–H and O–H groups in total. The summed E-state index contributed by atoms with van der Waals surface area (Å²) in [6, 6.07) is 4.31. The molecule has 0 saturated carbocycles. The molecule has 0 heterocycles. The van der Waals surface area contributed by atoms with Crippen LogP contribution in [-0.2, 0) is 9.53 Å². The van der Waals surface area contributed by atoms with Gasteiger partial charge in [-0.15, -0.1) is 0 Å². The van der Waals surface area contributed by atoms with Crippen molar-refractivity contribution in [2.45, 2.75) is 18.1 Å². The third kappa shape index (κ3) is 3.63. The third-order valence-electron chi connectivity index (χ3n) is 2.35. The van der Waals surface area contributed by atoms with Crippen molar-refractivity contribution >= 4 is 23.5 Å². The summed E-state index contributed by atoms with van der Waals surface area (Å²) in [5.41, 5.74) is -0.684. The van der Waals surface area contributed by atoms with Gasteiger partial charge in [0.1, 0.15) is 5.82 Å². The fraction of sp³-hybridized carbons (Fsp3) is 0.333. The minimum absolute atomic E-state index is 0.376. The predicted octanol–water partition coefficient (Wildman–Crippen LogP) is 2.62. The van der Waals surface area contributed by atoms with Crippen LogP contribution in [0.3, 0.4) is 0 Å². The lowest BCUT2D eigenvalue weighted by Gasteiger charge is -2.28. The van der Waals surface area contributed by atoms with Crippen molar-refractivity contribution in [3.8, 4) is 0 Å². The van der Waals surface area contributed by atoms with Gasteiger partial charge in [0, 0.05) is 0 Å². The van der Waals surface area contributed by atoms with Crippen LogP contribution in [0.4, 0.5) is 17.6 Å². The zero-order chi connectivity index (χ0) is 16.3. The number of halogens is 5. The van der Waals surface area contributed by atoms with Crippen LogP contribution in [0.2, 0.25) is 0 Å². The van der Waals surface area contributed by atoms with E-state index in [4.69, 9.17) is 11.6 Å². The minimum Gasteiger partial charge on any atom is -0.463 e. The zero-order valence-electron chi connectivity index (χ0n) is 10.6. The lowest BCUT2D eigenvalue weighted by Crippen LogP contribution is -2.60. The van der Waals surface area contributed by atoms with Crippen molar-refractivity contribution in [1.29, 1.82) is 0 Å². The molecule has 0 spiro atoms. The summed E-state index contributed by atoms with van der Waals surface area (Å²) in [5, 5.41) is 1.26. The zero-order valence-corrected chi connectivity index (χ0v) is 11.4. The molecule has 0 aliphatic carbocycles. The maximum absolute atomic E-state index is 13.4. The van der Waals surface area contributed by atoms with E-state index in [0.717, 1.165) is 12.1 Å². The van der Waals surface area contributed by atoms with E-state index in [9.17, 15) is 27.2 Å². The van der Waals surface area contributed by atoms with Crippen LogP contribution in [-0.4, -0.2) is 29.7 Å². The molecule has 0 saturated heterocycles. The molecule has 0 aliphatic heterocycles. The van der Waals surface area contributed by atoms with Gasteiger partial charge < -0.3 is 10.1 Å². The van der Waals surface area contributed by atoms with Gasteiger partial charge in [0.25, 0.3) is 5.91 Å². The van der Waals surface area contributed by atoms with Gasteiger partial charge >= 0.3 is 17.1 Å². The highest BCUT2D eigenvalue weighted by Crippen LogP contribution is 2.35. The molecule has 9 heteroatoms. The van der Waals surface area contributed by atoms with Gasteiger partial charge in [-0.3, -0.25) is 4.79 Å². The molecule has 1 atom stereocenters. The summed E-state index contributed by atoms with van der Waals surface area (Å²) >= 11 is 5.19. The summed E-state index contributed by atoms with van der Waals surface area (Å²) in [6.07, 6.45) is -5.33. The molecule has 116 valence electrons. The minimum atomic E-state index is -5.33. The van der Waals surface area contributed by atoms with E-state index in [2.05, 4.69) is 4.74 Å². The second-order valence-corrected chi connectivity index (χ2v) is 4.38. The number of ether oxygens (including phenoxy) is 1. The van der Waals surface area contributed by atoms with Crippen LogP contribution >= 0.6 is 11.6 Å². The molecule has 1 unspecified atom stereocenters. The smallest absolute Gasteiger partial charge is 0.437 e. The predicted molar refractivity (Wildman–Crippen MR) is 65.1 cm³/mol. The fourth-order valence-electron chi connectivity index (χ4n) is 1.34. The van der Waals surface area contributed by atoms with E-state index in [1.807, 2.05) is 0 Å². The van der Waals surface area contributed by atoms with Crippen LogP contribution in [0.5, 0.6) is 0 Å². The molecule has 1 aromatic rings. The second kappa shape index (κ2) is 6.30. The lowest BCUT2D eigenvalue weighted by atomic mass is 10.1. The first-order valence-electron chi connectivity index (χ1n) is 5.63. The van der Waals surface area contributed by atoms with Gasteiger partial charge in [-0.2, -0.15) is 13.2 Å². The average molecular weight is 328 g/mol. The number of carbonyl (C=O) groups excluding carboxylic acids is 2. The Morgan fingerprint density at radius 2 is 1.86 bits per heavy atom. The van der Waals surface area contributed by atoms with Gasteiger partial charge in [-0.25, -0.2) is 9.18 Å². The number of carbonyl (C=O) groups is 2. The Balaban J connectivity index is 3.11. The first-order chi connectivity index (χ1) is 9.63. The Morgan fingerprint density at radius 1 is 1.29 bits per heavy atom. The first-order valence-corrected chi connectivity index (χ1v) is 6.01. The number of benzene rings is 1. The van der Waals surface area contributed by atoms with Crippen LogP contribution < -0.4 is 5.32 Å². The molecule has 0 bridgehead atoms. The van der Waals surface area contributed by atoms with E-state index in [-0.39, 0.29) is 6.61 Å². The number of amides is 1. The Labute approximate surface area is 122 Å². The number of esters is 1. The Hall–Kier alpha value is -1.83. The number of hydrogen-bond donors (Lipinski definition) is 1. The number of rotatable bonds is 4. The molecule has 21 heavy (non-hydrogen) atoms. The molecule has 4 nitrogen and oxygen atoms in total. The van der Waals surface area contributed by atoms with Crippen LogP contribution in [0.25, 0.3) is 0 Å². The van der Waals surface area contributed by atoms with E-state index < -0.39 is 34.4 Å². The van der Waals surface area contributed by atoms with Gasteiger partial charge in [-0.1, -0.05) is 23.7 Å². The topological polar surface area (TPSA) is 55.4 Å². The van der Waals surface area contributed by atoms with Gasteiger partial charge in [0.15, 0.2) is 0 Å². The molecule has 0 fully saturated rings. The fourth-order valence-corrected chi connectivity index (χ4v) is 1.48. The standard InChI is InChI=1S/C12H10ClF4NO3/c1-2-21-10(20)11(13,12(15,16)17)18-9(19)7-5-3-4-6-8(7)14/h3-6H,2H2,1H3,(H,18,19). The summed E-state index contributed by atoms with van der Waals surface area (Å²) in [4.78, 5) is 19.3. The number of alkyl halides is 4. The summed E-state index contributed by atoms with van der Waals surface area (Å²) in [5.74, 6) is -4.45. The highest BCUT2D eigenvalue weighted by atomic mass is 35.5. The number of hydrogen-bond acceptors (Lipinski definition) is 3. The Morgan fingerprint density at radius 3 is 2.33 bits per heavy atom. The Bertz CT molecular complexity index is 550. The highest BCUT2D eigenvalue weighted by Gasteiger charge is 2.62.